The van der Waals surface area contributed by atoms with Gasteiger partial charge in [0.1, 0.15) is 6.61 Å². The average molecular weight is 408 g/mol. The molecule has 0 radical (unpaired) electrons. The number of aryl methyl sites for hydroxylation is 1. The predicted molar refractivity (Wildman–Crippen MR) is 102 cm³/mol. The molecule has 0 heterocycles. The molecule has 2 aromatic carbocycles. The number of amides is 2. The Kier molecular flexibility index (Phi) is 8.21. The van der Waals surface area contributed by atoms with Crippen LogP contribution in [-0.2, 0) is 22.7 Å². The molecule has 8 heteroatoms. The quantitative estimate of drug-likeness (QED) is 0.667. The van der Waals surface area contributed by atoms with Gasteiger partial charge in [0, 0.05) is 25.1 Å². The summed E-state index contributed by atoms with van der Waals surface area (Å²) in [5.41, 5.74) is 2.95. The minimum absolute atomic E-state index is 0.132. The Labute approximate surface area is 167 Å². The lowest BCUT2D eigenvalue weighted by atomic mass is 10.1. The molecule has 0 aliphatic rings. The molecule has 5 nitrogen and oxygen atoms in total. The van der Waals surface area contributed by atoms with Crippen molar-refractivity contribution >= 4 is 11.8 Å². The Bertz CT molecular complexity index is 821. The van der Waals surface area contributed by atoms with E-state index in [1.807, 2.05) is 13.0 Å². The van der Waals surface area contributed by atoms with Gasteiger partial charge in [-0.2, -0.15) is 13.2 Å². The fourth-order valence-electron chi connectivity index (χ4n) is 2.50. The van der Waals surface area contributed by atoms with Gasteiger partial charge in [-0.25, -0.2) is 0 Å². The van der Waals surface area contributed by atoms with Crippen LogP contribution in [0.25, 0.3) is 0 Å². The average Bonchev–Trinajstić information content (AvgIpc) is 2.66. The first kappa shape index (κ1) is 22.4. The highest BCUT2D eigenvalue weighted by molar-refractivity contribution is 5.94. The minimum atomic E-state index is -4.34. The molecule has 0 aliphatic carbocycles. The van der Waals surface area contributed by atoms with Crippen LogP contribution in [0, 0.1) is 6.92 Å². The lowest BCUT2D eigenvalue weighted by Crippen LogP contribution is -2.30. The van der Waals surface area contributed by atoms with Gasteiger partial charge in [-0.15, -0.1) is 0 Å². The summed E-state index contributed by atoms with van der Waals surface area (Å²) in [5, 5.41) is 5.43. The van der Waals surface area contributed by atoms with E-state index < -0.39 is 12.8 Å². The first-order valence-electron chi connectivity index (χ1n) is 9.07. The van der Waals surface area contributed by atoms with Crippen molar-refractivity contribution in [2.75, 3.05) is 13.2 Å². The predicted octanol–water partition coefficient (Wildman–Crippen LogP) is 3.51. The molecule has 0 fully saturated rings. The standard InChI is InChI=1S/C21H23F3N2O3/c1-15-3-2-4-18(11-15)20(28)25-10-9-19(27)26-12-16-5-7-17(8-6-16)13-29-14-21(22,23)24/h2-8,11H,9-10,12-14H2,1H3,(H,25,28)(H,26,27). The third-order valence-electron chi connectivity index (χ3n) is 3.96. The maximum Gasteiger partial charge on any atom is 0.411 e. The highest BCUT2D eigenvalue weighted by Gasteiger charge is 2.27. The number of rotatable bonds is 9. The Balaban J connectivity index is 1.66. The fraction of sp³-hybridized carbons (Fsp3) is 0.333. The monoisotopic (exact) mass is 408 g/mol. The summed E-state index contributed by atoms with van der Waals surface area (Å²) in [5.74, 6) is -0.447. The van der Waals surface area contributed by atoms with Gasteiger partial charge < -0.3 is 15.4 Å². The molecular formula is C21H23F3N2O3. The molecule has 2 aromatic rings. The molecule has 2 rings (SSSR count). The first-order valence-corrected chi connectivity index (χ1v) is 9.07. The summed E-state index contributed by atoms with van der Waals surface area (Å²) in [6, 6.07) is 13.9. The second kappa shape index (κ2) is 10.6. The number of carbonyl (C=O) groups is 2. The van der Waals surface area contributed by atoms with Crippen LogP contribution in [0.3, 0.4) is 0 Å². The fourth-order valence-corrected chi connectivity index (χ4v) is 2.50. The number of ether oxygens (including phenoxy) is 1. The minimum Gasteiger partial charge on any atom is -0.367 e. The van der Waals surface area contributed by atoms with Crippen LogP contribution in [0.1, 0.15) is 33.5 Å². The van der Waals surface area contributed by atoms with E-state index in [0.717, 1.165) is 11.1 Å². The van der Waals surface area contributed by atoms with Crippen molar-refractivity contribution in [1.29, 1.82) is 0 Å². The normalized spacial score (nSPS) is 11.2. The number of carbonyl (C=O) groups excluding carboxylic acids is 2. The van der Waals surface area contributed by atoms with Crippen LogP contribution in [0.4, 0.5) is 13.2 Å². The van der Waals surface area contributed by atoms with Crippen LogP contribution >= 0.6 is 0 Å². The Morgan fingerprint density at radius 3 is 2.34 bits per heavy atom. The molecule has 0 bridgehead atoms. The van der Waals surface area contributed by atoms with Gasteiger partial charge >= 0.3 is 6.18 Å². The molecule has 0 aromatic heterocycles. The highest BCUT2D eigenvalue weighted by atomic mass is 19.4. The maximum atomic E-state index is 12.0. The van der Waals surface area contributed by atoms with Crippen LogP contribution in [0.2, 0.25) is 0 Å². The third-order valence-corrected chi connectivity index (χ3v) is 3.96. The van der Waals surface area contributed by atoms with E-state index in [9.17, 15) is 22.8 Å². The summed E-state index contributed by atoms with van der Waals surface area (Å²) in [4.78, 5) is 23.9. The van der Waals surface area contributed by atoms with Gasteiger partial charge in [0.2, 0.25) is 5.91 Å². The molecule has 0 spiro atoms. The maximum absolute atomic E-state index is 12.0. The Morgan fingerprint density at radius 2 is 1.69 bits per heavy atom. The summed E-state index contributed by atoms with van der Waals surface area (Å²) < 4.78 is 40.7. The summed E-state index contributed by atoms with van der Waals surface area (Å²) in [7, 11) is 0. The topological polar surface area (TPSA) is 67.4 Å². The largest absolute Gasteiger partial charge is 0.411 e. The smallest absolute Gasteiger partial charge is 0.367 e. The number of halogens is 3. The van der Waals surface area contributed by atoms with E-state index >= 15 is 0 Å². The second-order valence-corrected chi connectivity index (χ2v) is 6.58. The van der Waals surface area contributed by atoms with Crippen LogP contribution in [0.15, 0.2) is 48.5 Å². The van der Waals surface area contributed by atoms with Crippen molar-refractivity contribution in [3.8, 4) is 0 Å². The number of hydrogen-bond donors (Lipinski definition) is 2. The second-order valence-electron chi connectivity index (χ2n) is 6.58. The van der Waals surface area contributed by atoms with Crippen molar-refractivity contribution in [1.82, 2.24) is 10.6 Å². The number of hydrogen-bond acceptors (Lipinski definition) is 3. The van der Waals surface area contributed by atoms with E-state index in [-0.39, 0.29) is 37.9 Å². The molecule has 2 amide bonds. The zero-order chi connectivity index (χ0) is 21.3. The SMILES string of the molecule is Cc1cccc(C(=O)NCCC(=O)NCc2ccc(COCC(F)(F)F)cc2)c1. The number of alkyl halides is 3. The van der Waals surface area contributed by atoms with E-state index in [4.69, 9.17) is 0 Å². The lowest BCUT2D eigenvalue weighted by Gasteiger charge is -2.09. The van der Waals surface area contributed by atoms with Crippen molar-refractivity contribution in [3.63, 3.8) is 0 Å². The Hall–Kier alpha value is -2.87. The van der Waals surface area contributed by atoms with Crippen LogP contribution < -0.4 is 10.6 Å². The van der Waals surface area contributed by atoms with E-state index in [1.54, 1.807) is 42.5 Å². The summed E-state index contributed by atoms with van der Waals surface area (Å²) >= 11 is 0. The third kappa shape index (κ3) is 8.78. The van der Waals surface area contributed by atoms with Crippen molar-refractivity contribution in [2.24, 2.45) is 0 Å². The van der Waals surface area contributed by atoms with E-state index in [1.165, 1.54) is 0 Å². The lowest BCUT2D eigenvalue weighted by molar-refractivity contribution is -0.176. The molecule has 0 saturated carbocycles. The van der Waals surface area contributed by atoms with Crippen molar-refractivity contribution in [2.45, 2.75) is 32.7 Å². The molecule has 2 N–H and O–H groups in total. The van der Waals surface area contributed by atoms with Crippen LogP contribution in [0.5, 0.6) is 0 Å². The summed E-state index contributed by atoms with van der Waals surface area (Å²) in [6.45, 7) is 0.979. The zero-order valence-electron chi connectivity index (χ0n) is 16.0. The summed E-state index contributed by atoms with van der Waals surface area (Å²) in [6.07, 6.45) is -4.20. The molecule has 29 heavy (non-hydrogen) atoms. The molecule has 156 valence electrons. The van der Waals surface area contributed by atoms with E-state index in [0.29, 0.717) is 11.1 Å². The van der Waals surface area contributed by atoms with Gasteiger partial charge in [0.05, 0.1) is 6.61 Å². The van der Waals surface area contributed by atoms with Crippen LogP contribution in [-0.4, -0.2) is 31.1 Å². The van der Waals surface area contributed by atoms with Gasteiger partial charge in [0.15, 0.2) is 0 Å². The van der Waals surface area contributed by atoms with Gasteiger partial charge in [-0.1, -0.05) is 42.0 Å². The molecule has 0 unspecified atom stereocenters. The molecule has 0 saturated heterocycles. The van der Waals surface area contributed by atoms with Gasteiger partial charge in [-0.05, 0) is 30.2 Å². The van der Waals surface area contributed by atoms with E-state index in [2.05, 4.69) is 15.4 Å². The zero-order valence-corrected chi connectivity index (χ0v) is 16.0. The molecule has 0 atom stereocenters. The van der Waals surface area contributed by atoms with Crippen molar-refractivity contribution < 1.29 is 27.5 Å². The van der Waals surface area contributed by atoms with Gasteiger partial charge in [0.25, 0.3) is 5.91 Å². The van der Waals surface area contributed by atoms with Gasteiger partial charge in [-0.3, -0.25) is 9.59 Å². The highest BCUT2D eigenvalue weighted by Crippen LogP contribution is 2.15. The van der Waals surface area contributed by atoms with Crippen molar-refractivity contribution in [3.05, 3.63) is 70.8 Å². The first-order chi connectivity index (χ1) is 13.7. The molecule has 0 aliphatic heterocycles. The number of nitrogens with one attached hydrogen (secondary N) is 2. The molecular weight excluding hydrogens is 385 g/mol. The number of benzene rings is 2. The Morgan fingerprint density at radius 1 is 1.00 bits per heavy atom.